The maximum atomic E-state index is 11.3. The van der Waals surface area contributed by atoms with Gasteiger partial charge in [0.15, 0.2) is 0 Å². The third kappa shape index (κ3) is 2.54. The molecule has 3 aromatic rings. The zero-order valence-corrected chi connectivity index (χ0v) is 13.8. The van der Waals surface area contributed by atoms with Crippen LogP contribution in [0.15, 0.2) is 42.7 Å². The fourth-order valence-electron chi connectivity index (χ4n) is 3.30. The molecule has 1 saturated carbocycles. The smallest absolute Gasteiger partial charge is 0.221 e. The number of benzene rings is 1. The molecule has 0 radical (unpaired) electrons. The van der Waals surface area contributed by atoms with Crippen molar-refractivity contribution in [3.8, 4) is 11.1 Å². The third-order valence-corrected chi connectivity index (χ3v) is 4.83. The summed E-state index contributed by atoms with van der Waals surface area (Å²) in [6.07, 6.45) is 4.63. The van der Waals surface area contributed by atoms with Crippen molar-refractivity contribution in [2.24, 2.45) is 11.7 Å². The molecule has 4 heteroatoms. The Hall–Kier alpha value is -2.75. The molecular formula is C20H19N3O. The summed E-state index contributed by atoms with van der Waals surface area (Å²) >= 11 is 0. The van der Waals surface area contributed by atoms with Crippen LogP contribution in [0.3, 0.4) is 0 Å². The Labute approximate surface area is 140 Å². The number of fused-ring (bicyclic) bond motifs is 1. The Morgan fingerprint density at radius 3 is 2.67 bits per heavy atom. The molecule has 1 aliphatic rings. The fourth-order valence-corrected chi connectivity index (χ4v) is 3.30. The lowest BCUT2D eigenvalue weighted by atomic mass is 9.98. The molecule has 2 atom stereocenters. The number of aryl methyl sites for hydroxylation is 2. The lowest BCUT2D eigenvalue weighted by Crippen LogP contribution is -2.13. The molecule has 0 saturated heterocycles. The molecule has 1 amide bonds. The van der Waals surface area contributed by atoms with Crippen molar-refractivity contribution in [2.45, 2.75) is 26.2 Å². The largest absolute Gasteiger partial charge is 0.369 e. The van der Waals surface area contributed by atoms with Gasteiger partial charge in [0.05, 0.1) is 0 Å². The minimum absolute atomic E-state index is 0.0448. The van der Waals surface area contributed by atoms with Crippen LogP contribution in [0.2, 0.25) is 0 Å². The van der Waals surface area contributed by atoms with Gasteiger partial charge in [0.1, 0.15) is 0 Å². The summed E-state index contributed by atoms with van der Waals surface area (Å²) in [6.45, 7) is 4.08. The van der Waals surface area contributed by atoms with Gasteiger partial charge in [-0.2, -0.15) is 0 Å². The Morgan fingerprint density at radius 1 is 1.08 bits per heavy atom. The predicted octanol–water partition coefficient (Wildman–Crippen LogP) is 3.50. The average molecular weight is 317 g/mol. The highest BCUT2D eigenvalue weighted by molar-refractivity contribution is 5.88. The molecule has 4 nitrogen and oxygen atoms in total. The molecule has 120 valence electrons. The highest BCUT2D eigenvalue weighted by Crippen LogP contribution is 2.46. The maximum Gasteiger partial charge on any atom is 0.221 e. The van der Waals surface area contributed by atoms with E-state index in [1.54, 1.807) is 0 Å². The summed E-state index contributed by atoms with van der Waals surface area (Å²) in [7, 11) is 0. The van der Waals surface area contributed by atoms with Gasteiger partial charge in [-0.05, 0) is 60.5 Å². The van der Waals surface area contributed by atoms with Crippen molar-refractivity contribution in [1.29, 1.82) is 0 Å². The first-order valence-corrected chi connectivity index (χ1v) is 8.15. The molecule has 2 unspecified atom stereocenters. The van der Waals surface area contributed by atoms with Gasteiger partial charge in [-0.1, -0.05) is 12.1 Å². The second kappa shape index (κ2) is 5.41. The van der Waals surface area contributed by atoms with Crippen molar-refractivity contribution in [3.63, 3.8) is 0 Å². The van der Waals surface area contributed by atoms with E-state index in [-0.39, 0.29) is 17.7 Å². The van der Waals surface area contributed by atoms with E-state index in [4.69, 9.17) is 5.73 Å². The molecule has 0 bridgehead atoms. The van der Waals surface area contributed by atoms with Crippen molar-refractivity contribution in [3.05, 3.63) is 59.7 Å². The van der Waals surface area contributed by atoms with Crippen LogP contribution in [0.1, 0.15) is 29.3 Å². The summed E-state index contributed by atoms with van der Waals surface area (Å²) in [5, 5.41) is 2.24. The van der Waals surface area contributed by atoms with E-state index in [0.717, 1.165) is 34.1 Å². The summed E-state index contributed by atoms with van der Waals surface area (Å²) in [4.78, 5) is 20.2. The van der Waals surface area contributed by atoms with E-state index in [1.807, 2.05) is 19.3 Å². The number of nitrogens with zero attached hydrogens (tertiary/aromatic N) is 2. The van der Waals surface area contributed by atoms with Crippen LogP contribution in [0, 0.1) is 19.8 Å². The molecule has 1 aromatic carbocycles. The van der Waals surface area contributed by atoms with Crippen LogP contribution in [0.4, 0.5) is 0 Å². The van der Waals surface area contributed by atoms with Gasteiger partial charge < -0.3 is 5.73 Å². The number of rotatable bonds is 3. The molecule has 24 heavy (non-hydrogen) atoms. The number of aromatic nitrogens is 2. The number of hydrogen-bond donors (Lipinski definition) is 1. The lowest BCUT2D eigenvalue weighted by Gasteiger charge is -2.09. The molecule has 1 fully saturated rings. The number of carbonyl (C=O) groups excluding carboxylic acids is 1. The number of pyridine rings is 2. The molecule has 2 aromatic heterocycles. The highest BCUT2D eigenvalue weighted by atomic mass is 16.1. The molecule has 2 heterocycles. The van der Waals surface area contributed by atoms with Crippen molar-refractivity contribution in [1.82, 2.24) is 9.97 Å². The standard InChI is InChI=1S/C20H19N3O/c1-11-9-22-12(2)5-16(11)14-4-3-13-7-19(23-10-15(13)6-14)17-8-18(17)20(21)24/h3-7,9-10,17-18H,8H2,1-2H3,(H2,21,24). The van der Waals surface area contributed by atoms with Crippen LogP contribution in [-0.2, 0) is 4.79 Å². The van der Waals surface area contributed by atoms with E-state index in [0.29, 0.717) is 0 Å². The van der Waals surface area contributed by atoms with Crippen molar-refractivity contribution >= 4 is 16.7 Å². The van der Waals surface area contributed by atoms with E-state index in [2.05, 4.69) is 47.2 Å². The summed E-state index contributed by atoms with van der Waals surface area (Å²) in [5.41, 5.74) is 10.9. The van der Waals surface area contributed by atoms with Crippen LogP contribution in [0.25, 0.3) is 21.9 Å². The Bertz CT molecular complexity index is 964. The number of carbonyl (C=O) groups is 1. The van der Waals surface area contributed by atoms with Gasteiger partial charge in [-0.25, -0.2) is 0 Å². The Kier molecular flexibility index (Phi) is 3.34. The van der Waals surface area contributed by atoms with Gasteiger partial charge in [0.2, 0.25) is 5.91 Å². The minimum Gasteiger partial charge on any atom is -0.369 e. The van der Waals surface area contributed by atoms with Crippen LogP contribution < -0.4 is 5.73 Å². The van der Waals surface area contributed by atoms with Gasteiger partial charge >= 0.3 is 0 Å². The molecule has 2 N–H and O–H groups in total. The second-order valence-electron chi connectivity index (χ2n) is 6.66. The topological polar surface area (TPSA) is 68.9 Å². The zero-order chi connectivity index (χ0) is 16.8. The van der Waals surface area contributed by atoms with E-state index < -0.39 is 0 Å². The van der Waals surface area contributed by atoms with Gasteiger partial charge in [-0.15, -0.1) is 0 Å². The summed E-state index contributed by atoms with van der Waals surface area (Å²) < 4.78 is 0. The number of amides is 1. The van der Waals surface area contributed by atoms with E-state index in [9.17, 15) is 4.79 Å². The number of primary amides is 1. The minimum atomic E-state index is -0.222. The summed E-state index contributed by atoms with van der Waals surface area (Å²) in [5.74, 6) is -0.0749. The number of nitrogens with two attached hydrogens (primary N) is 1. The van der Waals surface area contributed by atoms with Gasteiger partial charge in [0.25, 0.3) is 0 Å². The monoisotopic (exact) mass is 317 g/mol. The van der Waals surface area contributed by atoms with Gasteiger partial charge in [-0.3, -0.25) is 14.8 Å². The molecule has 0 aliphatic heterocycles. The normalized spacial score (nSPS) is 19.4. The van der Waals surface area contributed by atoms with E-state index >= 15 is 0 Å². The first kappa shape index (κ1) is 14.8. The van der Waals surface area contributed by atoms with Crippen molar-refractivity contribution < 1.29 is 4.79 Å². The predicted molar refractivity (Wildman–Crippen MR) is 94.5 cm³/mol. The lowest BCUT2D eigenvalue weighted by molar-refractivity contribution is -0.119. The second-order valence-corrected chi connectivity index (χ2v) is 6.66. The van der Waals surface area contributed by atoms with Crippen LogP contribution >= 0.6 is 0 Å². The SMILES string of the molecule is Cc1cc(-c2ccc3cc(C4CC4C(N)=O)ncc3c2)c(C)cn1. The zero-order valence-electron chi connectivity index (χ0n) is 13.8. The fraction of sp³-hybridized carbons (Fsp3) is 0.250. The first-order chi connectivity index (χ1) is 11.5. The Balaban J connectivity index is 1.72. The van der Waals surface area contributed by atoms with E-state index in [1.165, 1.54) is 11.1 Å². The van der Waals surface area contributed by atoms with Crippen LogP contribution in [-0.4, -0.2) is 15.9 Å². The van der Waals surface area contributed by atoms with Crippen molar-refractivity contribution in [2.75, 3.05) is 0 Å². The van der Waals surface area contributed by atoms with Gasteiger partial charge in [0, 0.05) is 41.0 Å². The number of hydrogen-bond acceptors (Lipinski definition) is 3. The molecule has 4 rings (SSSR count). The van der Waals surface area contributed by atoms with Crippen LogP contribution in [0.5, 0.6) is 0 Å². The first-order valence-electron chi connectivity index (χ1n) is 8.15. The quantitative estimate of drug-likeness (QED) is 0.804. The average Bonchev–Trinajstić information content (AvgIpc) is 3.37. The Morgan fingerprint density at radius 2 is 1.92 bits per heavy atom. The molecule has 1 aliphatic carbocycles. The third-order valence-electron chi connectivity index (χ3n) is 4.83. The maximum absolute atomic E-state index is 11.3. The molecule has 0 spiro atoms. The molecular weight excluding hydrogens is 298 g/mol. The highest BCUT2D eigenvalue weighted by Gasteiger charge is 2.43. The summed E-state index contributed by atoms with van der Waals surface area (Å²) in [6, 6.07) is 10.6.